The Morgan fingerprint density at radius 2 is 1.96 bits per heavy atom. The molecule has 0 unspecified atom stereocenters. The normalized spacial score (nSPS) is 11.0. The van der Waals surface area contributed by atoms with Crippen molar-refractivity contribution in [2.75, 3.05) is 25.1 Å². The zero-order valence-electron chi connectivity index (χ0n) is 15.9. The molecule has 7 nitrogen and oxygen atoms in total. The van der Waals surface area contributed by atoms with Gasteiger partial charge in [-0.3, -0.25) is 10.1 Å². The number of nitrogens with one attached hydrogen (secondary N) is 1. The Balaban J connectivity index is 1.87. The maximum Gasteiger partial charge on any atom is 0.278 e. The van der Waals surface area contributed by atoms with Gasteiger partial charge in [0.2, 0.25) is 11.8 Å². The fraction of sp³-hybridized carbons (Fsp3) is 0.350. The number of nitrogens with zero attached hydrogens (tertiary/aromatic N) is 3. The second kappa shape index (κ2) is 9.52. The van der Waals surface area contributed by atoms with Crippen molar-refractivity contribution >= 4 is 34.5 Å². The van der Waals surface area contributed by atoms with Gasteiger partial charge in [-0.2, -0.15) is 0 Å². The molecule has 0 fully saturated rings. The first-order valence-electron chi connectivity index (χ1n) is 9.27. The highest BCUT2D eigenvalue weighted by atomic mass is 35.5. The number of fused-ring (bicyclic) bond motifs is 1. The smallest absolute Gasteiger partial charge is 0.278 e. The first kappa shape index (κ1) is 20.1. The molecule has 2 aromatic heterocycles. The number of hydrogen-bond acceptors (Lipinski definition) is 5. The summed E-state index contributed by atoms with van der Waals surface area (Å²) in [7, 11) is 0. The molecule has 148 valence electrons. The first-order valence-corrected chi connectivity index (χ1v) is 9.65. The van der Waals surface area contributed by atoms with E-state index in [0.29, 0.717) is 38.2 Å². The van der Waals surface area contributed by atoms with E-state index in [1.807, 2.05) is 42.7 Å². The number of ether oxygens (including phenoxy) is 2. The monoisotopic (exact) mass is 402 g/mol. The third-order valence-electron chi connectivity index (χ3n) is 4.08. The number of benzene rings is 1. The van der Waals surface area contributed by atoms with Gasteiger partial charge < -0.3 is 14.0 Å². The summed E-state index contributed by atoms with van der Waals surface area (Å²) >= 11 is 6.17. The summed E-state index contributed by atoms with van der Waals surface area (Å²) in [5.74, 6) is 0.359. The average Bonchev–Trinajstić information content (AvgIpc) is 3.04. The minimum atomic E-state index is -0.437. The maximum atomic E-state index is 12.8. The fourth-order valence-corrected chi connectivity index (χ4v) is 3.03. The van der Waals surface area contributed by atoms with Gasteiger partial charge in [-0.05, 0) is 38.5 Å². The molecule has 0 aliphatic carbocycles. The molecular formula is C20H23ClN4O3. The molecule has 0 spiro atoms. The van der Waals surface area contributed by atoms with E-state index in [9.17, 15) is 4.79 Å². The van der Waals surface area contributed by atoms with Crippen LogP contribution < -0.4 is 10.1 Å². The topological polar surface area (TPSA) is 78.3 Å². The maximum absolute atomic E-state index is 12.8. The van der Waals surface area contributed by atoms with Crippen molar-refractivity contribution in [2.45, 2.75) is 26.8 Å². The Labute approximate surface area is 168 Å². The predicted molar refractivity (Wildman–Crippen MR) is 109 cm³/mol. The number of imidazole rings is 1. The molecule has 0 radical (unpaired) electrons. The summed E-state index contributed by atoms with van der Waals surface area (Å²) < 4.78 is 12.8. The van der Waals surface area contributed by atoms with E-state index in [0.717, 1.165) is 17.5 Å². The number of aromatic nitrogens is 3. The molecule has 0 bridgehead atoms. The van der Waals surface area contributed by atoms with Crippen LogP contribution in [-0.2, 0) is 11.3 Å². The second-order valence-corrected chi connectivity index (χ2v) is 6.40. The summed E-state index contributed by atoms with van der Waals surface area (Å²) in [6.07, 6.45) is 0.801. The Bertz CT molecular complexity index is 958. The highest BCUT2D eigenvalue weighted by molar-refractivity contribution is 6.34. The largest absolute Gasteiger partial charge is 0.478 e. The van der Waals surface area contributed by atoms with E-state index in [-0.39, 0.29) is 10.7 Å². The first-order chi connectivity index (χ1) is 13.6. The number of carbonyl (C=O) groups excluding carboxylic acids is 1. The van der Waals surface area contributed by atoms with Crippen molar-refractivity contribution in [3.05, 3.63) is 47.1 Å². The van der Waals surface area contributed by atoms with E-state index >= 15 is 0 Å². The Morgan fingerprint density at radius 1 is 1.14 bits per heavy atom. The van der Waals surface area contributed by atoms with Crippen LogP contribution >= 0.6 is 11.6 Å². The molecule has 0 aliphatic rings. The van der Waals surface area contributed by atoms with Crippen molar-refractivity contribution < 1.29 is 14.3 Å². The number of pyridine rings is 1. The van der Waals surface area contributed by atoms with Gasteiger partial charge in [0.05, 0.1) is 22.7 Å². The van der Waals surface area contributed by atoms with E-state index < -0.39 is 5.91 Å². The van der Waals surface area contributed by atoms with Crippen molar-refractivity contribution in [3.8, 4) is 5.88 Å². The molecule has 3 rings (SSSR count). The highest BCUT2D eigenvalue weighted by Crippen LogP contribution is 2.23. The molecule has 1 N–H and O–H groups in total. The average molecular weight is 403 g/mol. The molecule has 0 aliphatic heterocycles. The fourth-order valence-electron chi connectivity index (χ4n) is 2.84. The highest BCUT2D eigenvalue weighted by Gasteiger charge is 2.18. The van der Waals surface area contributed by atoms with Crippen LogP contribution in [0.2, 0.25) is 5.02 Å². The number of amides is 1. The lowest BCUT2D eigenvalue weighted by Gasteiger charge is -2.11. The number of aryl methyl sites for hydroxylation is 1. The minimum absolute atomic E-state index is 0.0977. The van der Waals surface area contributed by atoms with Crippen molar-refractivity contribution in [2.24, 2.45) is 0 Å². The molecule has 0 saturated carbocycles. The summed E-state index contributed by atoms with van der Waals surface area (Å²) in [5, 5.41) is 3.09. The van der Waals surface area contributed by atoms with Gasteiger partial charge in [0.1, 0.15) is 0 Å². The van der Waals surface area contributed by atoms with Gasteiger partial charge in [0.15, 0.2) is 5.69 Å². The van der Waals surface area contributed by atoms with Gasteiger partial charge in [-0.25, -0.2) is 9.97 Å². The molecule has 3 aromatic rings. The predicted octanol–water partition coefficient (Wildman–Crippen LogP) is 4.16. The lowest BCUT2D eigenvalue weighted by molar-refractivity contribution is 0.102. The lowest BCUT2D eigenvalue weighted by Crippen LogP contribution is -2.18. The third kappa shape index (κ3) is 4.61. The van der Waals surface area contributed by atoms with Gasteiger partial charge in [0.25, 0.3) is 5.91 Å². The number of halogens is 1. The van der Waals surface area contributed by atoms with Crippen molar-refractivity contribution in [1.82, 2.24) is 14.5 Å². The Kier molecular flexibility index (Phi) is 6.84. The van der Waals surface area contributed by atoms with Gasteiger partial charge in [-0.1, -0.05) is 23.7 Å². The van der Waals surface area contributed by atoms with Crippen LogP contribution in [0.5, 0.6) is 5.88 Å². The van der Waals surface area contributed by atoms with Crippen molar-refractivity contribution in [3.63, 3.8) is 0 Å². The molecule has 2 heterocycles. The standard InChI is InChI=1S/C20H23ClN4O3/c1-3-27-13-7-12-25-16-9-6-5-8-15(16)22-20(25)24-19(26)18-14(21)10-11-17(23-18)28-4-2/h5-6,8-11H,3-4,7,12-13H2,1-2H3,(H,22,24,26). The quantitative estimate of drug-likeness (QED) is 0.543. The number of para-hydroxylation sites is 2. The molecule has 8 heteroatoms. The summed E-state index contributed by atoms with van der Waals surface area (Å²) in [4.78, 5) is 21.6. The number of carbonyl (C=O) groups is 1. The minimum Gasteiger partial charge on any atom is -0.478 e. The van der Waals surface area contributed by atoms with Crippen LogP contribution in [0.25, 0.3) is 11.0 Å². The summed E-state index contributed by atoms with van der Waals surface area (Å²) in [6.45, 7) is 6.24. The van der Waals surface area contributed by atoms with E-state index in [4.69, 9.17) is 21.1 Å². The van der Waals surface area contributed by atoms with E-state index in [1.54, 1.807) is 12.1 Å². The van der Waals surface area contributed by atoms with E-state index in [1.165, 1.54) is 0 Å². The van der Waals surface area contributed by atoms with Gasteiger partial charge in [0, 0.05) is 25.8 Å². The van der Waals surface area contributed by atoms with E-state index in [2.05, 4.69) is 15.3 Å². The van der Waals surface area contributed by atoms with Crippen LogP contribution in [0.3, 0.4) is 0 Å². The van der Waals surface area contributed by atoms with Crippen molar-refractivity contribution in [1.29, 1.82) is 0 Å². The SMILES string of the molecule is CCOCCCn1c(NC(=O)c2nc(OCC)ccc2Cl)nc2ccccc21. The van der Waals surface area contributed by atoms with Crippen LogP contribution in [0.15, 0.2) is 36.4 Å². The zero-order chi connectivity index (χ0) is 19.9. The molecule has 1 aromatic carbocycles. The molecule has 0 atom stereocenters. The molecule has 0 saturated heterocycles. The molecular weight excluding hydrogens is 380 g/mol. The van der Waals surface area contributed by atoms with Gasteiger partial charge in [-0.15, -0.1) is 0 Å². The van der Waals surface area contributed by atoms with Crippen LogP contribution in [0.1, 0.15) is 30.8 Å². The second-order valence-electron chi connectivity index (χ2n) is 5.99. The number of hydrogen-bond donors (Lipinski definition) is 1. The molecule has 28 heavy (non-hydrogen) atoms. The molecule has 1 amide bonds. The third-order valence-corrected chi connectivity index (χ3v) is 4.39. The Hall–Kier alpha value is -2.64. The Morgan fingerprint density at radius 3 is 2.75 bits per heavy atom. The summed E-state index contributed by atoms with van der Waals surface area (Å²) in [6, 6.07) is 11.0. The van der Waals surface area contributed by atoms with Gasteiger partial charge >= 0.3 is 0 Å². The van der Waals surface area contributed by atoms with Crippen LogP contribution in [-0.4, -0.2) is 40.3 Å². The van der Waals surface area contributed by atoms with Crippen LogP contribution in [0, 0.1) is 0 Å². The number of anilines is 1. The van der Waals surface area contributed by atoms with Crippen LogP contribution in [0.4, 0.5) is 5.95 Å². The zero-order valence-corrected chi connectivity index (χ0v) is 16.7. The lowest BCUT2D eigenvalue weighted by atomic mass is 10.3. The summed E-state index contributed by atoms with van der Waals surface area (Å²) in [5.41, 5.74) is 1.84. The number of rotatable bonds is 9.